The van der Waals surface area contributed by atoms with Gasteiger partial charge in [0.25, 0.3) is 11.6 Å². The molecule has 1 amide bonds. The number of benzene rings is 1. The van der Waals surface area contributed by atoms with E-state index < -0.39 is 16.8 Å². The molecule has 0 aliphatic rings. The van der Waals surface area contributed by atoms with Gasteiger partial charge in [-0.05, 0) is 12.5 Å². The molecule has 0 bridgehead atoms. The van der Waals surface area contributed by atoms with Crippen LogP contribution in [0.3, 0.4) is 0 Å². The van der Waals surface area contributed by atoms with Crippen LogP contribution in [0, 0.1) is 10.1 Å². The number of anilines is 1. The molecule has 0 fully saturated rings. The number of aliphatic carboxylic acids is 1. The molecule has 1 rings (SSSR count). The first-order valence-electron chi connectivity index (χ1n) is 5.84. The van der Waals surface area contributed by atoms with Crippen molar-refractivity contribution in [3.63, 3.8) is 0 Å². The third kappa shape index (κ3) is 3.94. The lowest BCUT2D eigenvalue weighted by atomic mass is 10.1. The maximum atomic E-state index is 11.4. The first kappa shape index (κ1) is 15.4. The fraction of sp³-hybridized carbons (Fsp3) is 0.333. The zero-order valence-corrected chi connectivity index (χ0v) is 10.9. The second-order valence-corrected chi connectivity index (χ2v) is 4.24. The Morgan fingerprint density at radius 3 is 2.60 bits per heavy atom. The van der Waals surface area contributed by atoms with Gasteiger partial charge >= 0.3 is 5.97 Å². The molecule has 0 spiro atoms. The van der Waals surface area contributed by atoms with Crippen molar-refractivity contribution in [2.75, 3.05) is 18.5 Å². The van der Waals surface area contributed by atoms with Crippen LogP contribution in [0.4, 0.5) is 11.4 Å². The van der Waals surface area contributed by atoms with E-state index in [2.05, 4.69) is 0 Å². The van der Waals surface area contributed by atoms with Gasteiger partial charge in [-0.1, -0.05) is 0 Å². The highest BCUT2D eigenvalue weighted by Crippen LogP contribution is 2.24. The summed E-state index contributed by atoms with van der Waals surface area (Å²) >= 11 is 0. The Morgan fingerprint density at radius 1 is 1.45 bits per heavy atom. The van der Waals surface area contributed by atoms with Crippen molar-refractivity contribution in [1.82, 2.24) is 0 Å². The van der Waals surface area contributed by atoms with Gasteiger partial charge < -0.3 is 15.7 Å². The van der Waals surface area contributed by atoms with Gasteiger partial charge in [0.05, 0.1) is 10.5 Å². The number of amides is 1. The van der Waals surface area contributed by atoms with Crippen LogP contribution in [-0.2, 0) is 4.79 Å². The van der Waals surface area contributed by atoms with Gasteiger partial charge in [-0.3, -0.25) is 19.7 Å². The van der Waals surface area contributed by atoms with Crippen LogP contribution >= 0.6 is 0 Å². The Labute approximate surface area is 114 Å². The third-order valence-corrected chi connectivity index (χ3v) is 2.75. The SMILES string of the molecule is CN(CCCC(=O)O)c1ccc([N+](=O)[O-])cc1C(N)=O. The molecule has 1 aromatic rings. The lowest BCUT2D eigenvalue weighted by Crippen LogP contribution is -2.24. The van der Waals surface area contributed by atoms with Gasteiger partial charge in [0.15, 0.2) is 0 Å². The summed E-state index contributed by atoms with van der Waals surface area (Å²) in [5.41, 5.74) is 5.47. The predicted octanol–water partition coefficient (Wildman–Crippen LogP) is 0.995. The minimum Gasteiger partial charge on any atom is -0.481 e. The molecule has 0 heterocycles. The van der Waals surface area contributed by atoms with Gasteiger partial charge in [-0.15, -0.1) is 0 Å². The standard InChI is InChI=1S/C12H15N3O5/c1-14(6-2-3-11(16)17)10-5-4-8(15(19)20)7-9(10)12(13)18/h4-5,7H,2-3,6H2,1H3,(H2,13,18)(H,16,17). The molecule has 0 aromatic heterocycles. The second kappa shape index (κ2) is 6.50. The molecule has 0 aliphatic carbocycles. The minimum atomic E-state index is -0.905. The molecular weight excluding hydrogens is 266 g/mol. The Hall–Kier alpha value is -2.64. The molecule has 8 heteroatoms. The Bertz CT molecular complexity index is 544. The maximum Gasteiger partial charge on any atom is 0.303 e. The first-order valence-corrected chi connectivity index (χ1v) is 5.84. The summed E-state index contributed by atoms with van der Waals surface area (Å²) in [4.78, 5) is 33.5. The van der Waals surface area contributed by atoms with E-state index in [0.717, 1.165) is 6.07 Å². The summed E-state index contributed by atoms with van der Waals surface area (Å²) in [5.74, 6) is -1.67. The molecule has 20 heavy (non-hydrogen) atoms. The summed E-state index contributed by atoms with van der Waals surface area (Å²) in [6.07, 6.45) is 0.393. The quantitative estimate of drug-likeness (QED) is 0.567. The van der Waals surface area contributed by atoms with Crippen molar-refractivity contribution in [2.45, 2.75) is 12.8 Å². The zero-order valence-electron chi connectivity index (χ0n) is 10.9. The lowest BCUT2D eigenvalue weighted by Gasteiger charge is -2.21. The molecule has 0 unspecified atom stereocenters. The van der Waals surface area contributed by atoms with E-state index in [1.807, 2.05) is 0 Å². The van der Waals surface area contributed by atoms with Crippen LogP contribution in [0.5, 0.6) is 0 Å². The number of hydrogen-bond donors (Lipinski definition) is 2. The average Bonchev–Trinajstić information content (AvgIpc) is 2.37. The fourth-order valence-electron chi connectivity index (χ4n) is 1.76. The van der Waals surface area contributed by atoms with Gasteiger partial charge in [0.1, 0.15) is 0 Å². The Kier molecular flexibility index (Phi) is 5.01. The molecule has 1 aromatic carbocycles. The number of carboxylic acid groups (broad SMARTS) is 1. The van der Waals surface area contributed by atoms with Gasteiger partial charge in [-0.25, -0.2) is 0 Å². The summed E-state index contributed by atoms with van der Waals surface area (Å²) < 4.78 is 0. The van der Waals surface area contributed by atoms with Gasteiger partial charge in [-0.2, -0.15) is 0 Å². The largest absolute Gasteiger partial charge is 0.481 e. The molecule has 8 nitrogen and oxygen atoms in total. The number of nitro benzene ring substituents is 1. The first-order chi connectivity index (χ1) is 9.32. The molecule has 3 N–H and O–H groups in total. The smallest absolute Gasteiger partial charge is 0.303 e. The van der Waals surface area contributed by atoms with Crippen molar-refractivity contribution in [3.05, 3.63) is 33.9 Å². The molecule has 0 atom stereocenters. The van der Waals surface area contributed by atoms with Crippen LogP contribution < -0.4 is 10.6 Å². The van der Waals surface area contributed by atoms with Crippen LogP contribution in [0.15, 0.2) is 18.2 Å². The number of primary amides is 1. The number of carboxylic acids is 1. The van der Waals surface area contributed by atoms with Crippen molar-refractivity contribution in [2.24, 2.45) is 5.73 Å². The monoisotopic (exact) mass is 281 g/mol. The van der Waals surface area contributed by atoms with E-state index in [-0.39, 0.29) is 17.7 Å². The predicted molar refractivity (Wildman–Crippen MR) is 71.8 cm³/mol. The Balaban J connectivity index is 2.95. The topological polar surface area (TPSA) is 127 Å². The highest BCUT2D eigenvalue weighted by Gasteiger charge is 2.17. The number of rotatable bonds is 7. The number of non-ortho nitro benzene ring substituents is 1. The van der Waals surface area contributed by atoms with E-state index in [1.165, 1.54) is 12.1 Å². The van der Waals surface area contributed by atoms with E-state index >= 15 is 0 Å². The van der Waals surface area contributed by atoms with E-state index in [1.54, 1.807) is 11.9 Å². The summed E-state index contributed by atoms with van der Waals surface area (Å²) in [5, 5.41) is 19.2. The lowest BCUT2D eigenvalue weighted by molar-refractivity contribution is -0.384. The number of carbonyl (C=O) groups excluding carboxylic acids is 1. The molecule has 0 saturated heterocycles. The number of nitro groups is 1. The van der Waals surface area contributed by atoms with E-state index in [0.29, 0.717) is 18.7 Å². The molecular formula is C12H15N3O5. The van der Waals surface area contributed by atoms with Crippen LogP contribution in [0.1, 0.15) is 23.2 Å². The zero-order chi connectivity index (χ0) is 15.3. The second-order valence-electron chi connectivity index (χ2n) is 4.24. The van der Waals surface area contributed by atoms with Crippen molar-refractivity contribution in [1.29, 1.82) is 0 Å². The Morgan fingerprint density at radius 2 is 2.10 bits per heavy atom. The van der Waals surface area contributed by atoms with Gasteiger partial charge in [0, 0.05) is 37.8 Å². The molecule has 0 aliphatic heterocycles. The fourth-order valence-corrected chi connectivity index (χ4v) is 1.76. The third-order valence-electron chi connectivity index (χ3n) is 2.75. The molecule has 108 valence electrons. The van der Waals surface area contributed by atoms with Crippen molar-refractivity contribution >= 4 is 23.3 Å². The van der Waals surface area contributed by atoms with E-state index in [9.17, 15) is 19.7 Å². The van der Waals surface area contributed by atoms with Crippen LogP contribution in [-0.4, -0.2) is 35.5 Å². The van der Waals surface area contributed by atoms with Crippen LogP contribution in [0.25, 0.3) is 0 Å². The minimum absolute atomic E-state index is 0.00320. The summed E-state index contributed by atoms with van der Waals surface area (Å²) in [7, 11) is 1.66. The van der Waals surface area contributed by atoms with Crippen molar-refractivity contribution in [3.8, 4) is 0 Å². The highest BCUT2D eigenvalue weighted by atomic mass is 16.6. The number of carbonyl (C=O) groups is 2. The molecule has 0 saturated carbocycles. The summed E-state index contributed by atoms with van der Waals surface area (Å²) in [6, 6.07) is 3.82. The normalized spacial score (nSPS) is 10.1. The highest BCUT2D eigenvalue weighted by molar-refractivity contribution is 5.99. The van der Waals surface area contributed by atoms with Gasteiger partial charge in [0.2, 0.25) is 0 Å². The molecule has 0 radical (unpaired) electrons. The van der Waals surface area contributed by atoms with Crippen molar-refractivity contribution < 1.29 is 19.6 Å². The van der Waals surface area contributed by atoms with E-state index in [4.69, 9.17) is 10.8 Å². The number of nitrogens with zero attached hydrogens (tertiary/aromatic N) is 2. The van der Waals surface area contributed by atoms with Crippen LogP contribution in [0.2, 0.25) is 0 Å². The number of hydrogen-bond acceptors (Lipinski definition) is 5. The maximum absolute atomic E-state index is 11.4. The average molecular weight is 281 g/mol. The summed E-state index contributed by atoms with van der Waals surface area (Å²) in [6.45, 7) is 0.393. The number of nitrogens with two attached hydrogens (primary N) is 1.